The van der Waals surface area contributed by atoms with Crippen molar-refractivity contribution in [3.05, 3.63) is 71.8 Å². The van der Waals surface area contributed by atoms with E-state index < -0.39 is 0 Å². The van der Waals surface area contributed by atoms with Crippen molar-refractivity contribution in [3.63, 3.8) is 0 Å². The highest BCUT2D eigenvalue weighted by Crippen LogP contribution is 2.31. The fourth-order valence-electron chi connectivity index (χ4n) is 2.61. The minimum Gasteiger partial charge on any atom is -0.493 e. The maximum atomic E-state index is 12.3. The second kappa shape index (κ2) is 8.35. The van der Waals surface area contributed by atoms with Crippen LogP contribution in [0.25, 0.3) is 0 Å². The van der Waals surface area contributed by atoms with E-state index in [1.807, 2.05) is 37.3 Å². The number of amides is 1. The number of methoxy groups -OCH3 is 1. The van der Waals surface area contributed by atoms with Crippen molar-refractivity contribution in [2.45, 2.75) is 19.6 Å². The van der Waals surface area contributed by atoms with Crippen LogP contribution in [-0.2, 0) is 13.7 Å². The number of rotatable bonds is 7. The number of nitrogens with zero attached hydrogens (tertiary/aromatic N) is 3. The number of hydrogen-bond acceptors (Lipinski definition) is 5. The van der Waals surface area contributed by atoms with Crippen LogP contribution in [0.3, 0.4) is 0 Å². The Kier molecular flexibility index (Phi) is 5.71. The quantitative estimate of drug-likeness (QED) is 0.696. The summed E-state index contributed by atoms with van der Waals surface area (Å²) in [5.74, 6) is 1.08. The van der Waals surface area contributed by atoms with Gasteiger partial charge in [0.15, 0.2) is 11.5 Å². The highest BCUT2D eigenvalue weighted by molar-refractivity contribution is 5.93. The molecule has 1 amide bonds. The van der Waals surface area contributed by atoms with Crippen molar-refractivity contribution in [2.24, 2.45) is 7.05 Å². The third kappa shape index (κ3) is 4.63. The number of carbonyl (C=O) groups excluding carboxylic acids is 1. The van der Waals surface area contributed by atoms with Gasteiger partial charge in [-0.25, -0.2) is 0 Å². The first-order valence-electron chi connectivity index (χ1n) is 8.56. The Bertz CT molecular complexity index is 909. The molecule has 3 rings (SSSR count). The van der Waals surface area contributed by atoms with Crippen molar-refractivity contribution in [1.29, 1.82) is 0 Å². The number of hydrogen-bond donors (Lipinski definition) is 1. The third-order valence-electron chi connectivity index (χ3n) is 4.15. The van der Waals surface area contributed by atoms with E-state index in [2.05, 4.69) is 15.4 Å². The molecule has 0 aliphatic carbocycles. The van der Waals surface area contributed by atoms with Crippen LogP contribution in [0.4, 0.5) is 0 Å². The summed E-state index contributed by atoms with van der Waals surface area (Å²) in [5.41, 5.74) is 2.46. The van der Waals surface area contributed by atoms with Crippen molar-refractivity contribution in [2.75, 3.05) is 7.11 Å². The molecule has 0 saturated carbocycles. The van der Waals surface area contributed by atoms with E-state index in [9.17, 15) is 4.79 Å². The van der Waals surface area contributed by atoms with E-state index in [-0.39, 0.29) is 11.9 Å². The van der Waals surface area contributed by atoms with E-state index in [4.69, 9.17) is 9.47 Å². The molecule has 1 aromatic carbocycles. The van der Waals surface area contributed by atoms with Crippen LogP contribution < -0.4 is 14.8 Å². The summed E-state index contributed by atoms with van der Waals surface area (Å²) >= 11 is 0. The molecule has 0 saturated heterocycles. The summed E-state index contributed by atoms with van der Waals surface area (Å²) in [5, 5.41) is 6.98. The second-order valence-electron chi connectivity index (χ2n) is 6.15. The maximum absolute atomic E-state index is 12.3. The van der Waals surface area contributed by atoms with Gasteiger partial charge >= 0.3 is 0 Å². The molecule has 0 bridgehead atoms. The highest BCUT2D eigenvalue weighted by atomic mass is 16.5. The molecule has 2 heterocycles. The number of ether oxygens (including phenoxy) is 2. The first-order valence-corrected chi connectivity index (χ1v) is 8.56. The lowest BCUT2D eigenvalue weighted by Gasteiger charge is -2.17. The van der Waals surface area contributed by atoms with Crippen LogP contribution in [0.2, 0.25) is 0 Å². The number of carbonyl (C=O) groups is 1. The van der Waals surface area contributed by atoms with Gasteiger partial charge < -0.3 is 14.8 Å². The maximum Gasteiger partial charge on any atom is 0.254 e. The second-order valence-corrected chi connectivity index (χ2v) is 6.15. The summed E-state index contributed by atoms with van der Waals surface area (Å²) < 4.78 is 12.9. The Labute approximate surface area is 158 Å². The predicted molar refractivity (Wildman–Crippen MR) is 101 cm³/mol. The normalized spacial score (nSPS) is 11.7. The Morgan fingerprint density at radius 3 is 2.67 bits per heavy atom. The van der Waals surface area contributed by atoms with E-state index >= 15 is 0 Å². The number of benzene rings is 1. The number of aromatic nitrogens is 3. The molecular weight excluding hydrogens is 344 g/mol. The smallest absolute Gasteiger partial charge is 0.254 e. The molecular formula is C20H22N4O3. The van der Waals surface area contributed by atoms with Crippen LogP contribution in [-0.4, -0.2) is 27.8 Å². The van der Waals surface area contributed by atoms with Crippen LogP contribution in [0.1, 0.15) is 34.5 Å². The molecule has 0 aliphatic heterocycles. The summed E-state index contributed by atoms with van der Waals surface area (Å²) in [7, 11) is 3.37. The lowest BCUT2D eigenvalue weighted by atomic mass is 10.1. The van der Waals surface area contributed by atoms with Crippen molar-refractivity contribution >= 4 is 5.91 Å². The molecule has 0 spiro atoms. The zero-order chi connectivity index (χ0) is 19.2. The van der Waals surface area contributed by atoms with Gasteiger partial charge in [0.1, 0.15) is 6.61 Å². The summed E-state index contributed by atoms with van der Waals surface area (Å²) in [6.07, 6.45) is 6.68. The van der Waals surface area contributed by atoms with Gasteiger partial charge in [0.05, 0.1) is 24.9 Å². The fraction of sp³-hybridized carbons (Fsp3) is 0.250. The first kappa shape index (κ1) is 18.4. The van der Waals surface area contributed by atoms with Crippen LogP contribution >= 0.6 is 0 Å². The molecule has 1 N–H and O–H groups in total. The predicted octanol–water partition coefficient (Wildman–Crippen LogP) is 2.89. The largest absolute Gasteiger partial charge is 0.493 e. The Morgan fingerprint density at radius 1 is 1.22 bits per heavy atom. The SMILES string of the molecule is COc1cc(C(C)NC(=O)c2cnn(C)c2)ccc1OCc1ccncc1. The van der Waals surface area contributed by atoms with Gasteiger partial charge in [-0.2, -0.15) is 5.10 Å². The van der Waals surface area contributed by atoms with Crippen molar-refractivity contribution in [1.82, 2.24) is 20.1 Å². The topological polar surface area (TPSA) is 78.3 Å². The monoisotopic (exact) mass is 366 g/mol. The molecule has 140 valence electrons. The molecule has 0 radical (unpaired) electrons. The van der Waals surface area contributed by atoms with Gasteiger partial charge in [0, 0.05) is 25.6 Å². The number of nitrogens with one attached hydrogen (secondary N) is 1. The standard InChI is InChI=1S/C20H22N4O3/c1-14(23-20(25)17-11-22-24(2)12-17)16-4-5-18(19(10-16)26-3)27-13-15-6-8-21-9-7-15/h4-12,14H,13H2,1-3H3,(H,23,25). The van der Waals surface area contributed by atoms with E-state index in [0.717, 1.165) is 11.1 Å². The lowest BCUT2D eigenvalue weighted by molar-refractivity contribution is 0.0939. The molecule has 0 fully saturated rings. The molecule has 1 atom stereocenters. The first-order chi connectivity index (χ1) is 13.1. The zero-order valence-corrected chi connectivity index (χ0v) is 15.5. The summed E-state index contributed by atoms with van der Waals surface area (Å²) in [4.78, 5) is 16.3. The molecule has 3 aromatic rings. The molecule has 7 nitrogen and oxygen atoms in total. The number of aryl methyl sites for hydroxylation is 1. The van der Waals surface area contributed by atoms with Gasteiger partial charge in [-0.1, -0.05) is 6.07 Å². The highest BCUT2D eigenvalue weighted by Gasteiger charge is 2.15. The van der Waals surface area contributed by atoms with E-state index in [1.54, 1.807) is 43.6 Å². The van der Waals surface area contributed by atoms with Crippen LogP contribution in [0.15, 0.2) is 55.1 Å². The molecule has 1 unspecified atom stereocenters. The van der Waals surface area contributed by atoms with Crippen molar-refractivity contribution in [3.8, 4) is 11.5 Å². The van der Waals surface area contributed by atoms with Crippen LogP contribution in [0, 0.1) is 0 Å². The summed E-state index contributed by atoms with van der Waals surface area (Å²) in [6.45, 7) is 2.34. The lowest BCUT2D eigenvalue weighted by Crippen LogP contribution is -2.26. The molecule has 7 heteroatoms. The average Bonchev–Trinajstić information content (AvgIpc) is 3.13. The average molecular weight is 366 g/mol. The van der Waals surface area contributed by atoms with Gasteiger partial charge in [0.25, 0.3) is 5.91 Å². The third-order valence-corrected chi connectivity index (χ3v) is 4.15. The fourth-order valence-corrected chi connectivity index (χ4v) is 2.61. The van der Waals surface area contributed by atoms with Gasteiger partial charge in [0.2, 0.25) is 0 Å². The Hall–Kier alpha value is -3.35. The van der Waals surface area contributed by atoms with Gasteiger partial charge in [-0.05, 0) is 42.3 Å². The minimum absolute atomic E-state index is 0.174. The van der Waals surface area contributed by atoms with Gasteiger partial charge in [-0.3, -0.25) is 14.5 Å². The number of pyridine rings is 1. The zero-order valence-electron chi connectivity index (χ0n) is 15.5. The van der Waals surface area contributed by atoms with Crippen LogP contribution in [0.5, 0.6) is 11.5 Å². The minimum atomic E-state index is -0.194. The van der Waals surface area contributed by atoms with Crippen molar-refractivity contribution < 1.29 is 14.3 Å². The molecule has 0 aliphatic rings. The summed E-state index contributed by atoms with van der Waals surface area (Å²) in [6, 6.07) is 9.24. The Balaban J connectivity index is 1.68. The van der Waals surface area contributed by atoms with E-state index in [1.165, 1.54) is 0 Å². The molecule has 27 heavy (non-hydrogen) atoms. The van der Waals surface area contributed by atoms with E-state index in [0.29, 0.717) is 23.7 Å². The Morgan fingerprint density at radius 2 is 2.00 bits per heavy atom. The van der Waals surface area contributed by atoms with Gasteiger partial charge in [-0.15, -0.1) is 0 Å². The molecule has 2 aromatic heterocycles.